The van der Waals surface area contributed by atoms with Gasteiger partial charge in [-0.25, -0.2) is 14.8 Å². The van der Waals surface area contributed by atoms with E-state index in [-0.39, 0.29) is 18.4 Å². The van der Waals surface area contributed by atoms with Crippen molar-refractivity contribution in [2.45, 2.75) is 32.2 Å². The van der Waals surface area contributed by atoms with Gasteiger partial charge < -0.3 is 5.32 Å². The molecule has 2 amide bonds. The summed E-state index contributed by atoms with van der Waals surface area (Å²) in [6.07, 6.45) is 3.34. The number of para-hydroxylation sites is 2. The zero-order valence-corrected chi connectivity index (χ0v) is 24.8. The van der Waals surface area contributed by atoms with Crippen molar-refractivity contribution in [3.63, 3.8) is 0 Å². The topological polar surface area (TPSA) is 60.8 Å². The first-order valence-corrected chi connectivity index (χ1v) is 14.7. The molecule has 6 rings (SSSR count). The van der Waals surface area contributed by atoms with Crippen LogP contribution in [0.4, 0.5) is 10.5 Å². The first-order valence-electron chi connectivity index (χ1n) is 13.9. The summed E-state index contributed by atoms with van der Waals surface area (Å²) in [6.45, 7) is 1.97. The molecule has 5 aromatic rings. The van der Waals surface area contributed by atoms with Gasteiger partial charge in [-0.15, -0.1) is 23.7 Å². The van der Waals surface area contributed by atoms with E-state index in [0.29, 0.717) is 19.5 Å². The SMILES string of the molecule is CNCCCCN1N=C(CCc2nc3ccccc3s2)c2ccccc2N(Cc2ccc3ccccc3c2)C1=O.Cl. The Balaban J connectivity index is 0.00000337. The summed E-state index contributed by atoms with van der Waals surface area (Å²) in [5.41, 5.74) is 4.97. The minimum atomic E-state index is -0.0833. The van der Waals surface area contributed by atoms with E-state index in [0.717, 1.165) is 58.9 Å². The second-order valence-electron chi connectivity index (χ2n) is 10.1. The standard InChI is InChI=1S/C33H33N5OS.ClH/c1-34-20-8-9-21-38-33(39)37(23-24-16-17-25-10-2-3-11-26(25)22-24)30-14-6-4-12-27(30)28(36-38)18-19-32-35-29-13-5-7-15-31(29)40-32;/h2-7,10-17,22,34H,8-9,18-21,23H2,1H3;1H. The number of urea groups is 1. The number of carbonyl (C=O) groups is 1. The smallest absolute Gasteiger partial charge is 0.320 e. The van der Waals surface area contributed by atoms with Crippen molar-refractivity contribution in [2.24, 2.45) is 5.10 Å². The average molecular weight is 584 g/mol. The number of nitrogens with one attached hydrogen (secondary N) is 1. The van der Waals surface area contributed by atoms with E-state index in [2.05, 4.69) is 72.0 Å². The molecule has 41 heavy (non-hydrogen) atoms. The Morgan fingerprint density at radius 1 is 0.854 bits per heavy atom. The van der Waals surface area contributed by atoms with Gasteiger partial charge in [0.05, 0.1) is 33.2 Å². The lowest BCUT2D eigenvalue weighted by molar-refractivity contribution is 0.206. The highest BCUT2D eigenvalue weighted by atomic mass is 35.5. The molecule has 0 spiro atoms. The van der Waals surface area contributed by atoms with E-state index in [4.69, 9.17) is 10.1 Å². The number of hydrogen-bond donors (Lipinski definition) is 1. The van der Waals surface area contributed by atoms with E-state index < -0.39 is 0 Å². The molecule has 0 saturated carbocycles. The van der Waals surface area contributed by atoms with E-state index >= 15 is 0 Å². The van der Waals surface area contributed by atoms with Gasteiger partial charge in [-0.2, -0.15) is 5.10 Å². The molecule has 8 heteroatoms. The molecule has 0 unspecified atom stereocenters. The number of carbonyl (C=O) groups excluding carboxylic acids is 1. The van der Waals surface area contributed by atoms with Gasteiger partial charge in [0.1, 0.15) is 0 Å². The molecule has 0 bridgehead atoms. The molecular weight excluding hydrogens is 550 g/mol. The highest BCUT2D eigenvalue weighted by Crippen LogP contribution is 2.31. The largest absolute Gasteiger partial charge is 0.345 e. The fraction of sp³-hybridized carbons (Fsp3) is 0.242. The molecule has 0 saturated heterocycles. The minimum absolute atomic E-state index is 0. The van der Waals surface area contributed by atoms with Crippen LogP contribution in [0, 0.1) is 0 Å². The second-order valence-corrected chi connectivity index (χ2v) is 11.2. The number of halogens is 1. The number of amides is 2. The van der Waals surface area contributed by atoms with Crippen LogP contribution in [-0.4, -0.2) is 41.9 Å². The van der Waals surface area contributed by atoms with Gasteiger partial charge in [-0.05, 0) is 73.5 Å². The number of hydrazone groups is 1. The monoisotopic (exact) mass is 583 g/mol. The van der Waals surface area contributed by atoms with Crippen LogP contribution in [0.25, 0.3) is 21.0 Å². The number of nitrogens with zero attached hydrogens (tertiary/aromatic N) is 4. The number of unbranched alkanes of at least 4 members (excludes halogenated alkanes) is 1. The Kier molecular flexibility index (Phi) is 9.29. The highest BCUT2D eigenvalue weighted by Gasteiger charge is 2.29. The van der Waals surface area contributed by atoms with Crippen molar-refractivity contribution in [1.29, 1.82) is 0 Å². The van der Waals surface area contributed by atoms with Crippen LogP contribution >= 0.6 is 23.7 Å². The van der Waals surface area contributed by atoms with E-state index in [1.54, 1.807) is 16.3 Å². The van der Waals surface area contributed by atoms with Gasteiger partial charge in [0.15, 0.2) is 0 Å². The molecule has 4 aromatic carbocycles. The van der Waals surface area contributed by atoms with E-state index in [1.165, 1.54) is 15.5 Å². The number of benzene rings is 4. The highest BCUT2D eigenvalue weighted by molar-refractivity contribution is 7.18. The van der Waals surface area contributed by atoms with Crippen molar-refractivity contribution in [3.05, 3.63) is 107 Å². The Bertz CT molecular complexity index is 1650. The summed E-state index contributed by atoms with van der Waals surface area (Å²) >= 11 is 1.73. The van der Waals surface area contributed by atoms with Crippen LogP contribution in [0.1, 0.15) is 35.4 Å². The summed E-state index contributed by atoms with van der Waals surface area (Å²) in [4.78, 5) is 20.8. The molecular formula is C33H34ClN5OS. The molecule has 1 aromatic heterocycles. The molecule has 1 N–H and O–H groups in total. The van der Waals surface area contributed by atoms with Crippen molar-refractivity contribution < 1.29 is 4.79 Å². The quantitative estimate of drug-likeness (QED) is 0.172. The maximum Gasteiger partial charge on any atom is 0.345 e. The van der Waals surface area contributed by atoms with E-state index in [1.807, 2.05) is 36.2 Å². The van der Waals surface area contributed by atoms with Gasteiger partial charge in [0, 0.05) is 18.5 Å². The summed E-state index contributed by atoms with van der Waals surface area (Å²) in [5.74, 6) is 0. The molecule has 0 fully saturated rings. The van der Waals surface area contributed by atoms with Gasteiger partial charge in [-0.3, -0.25) is 4.90 Å². The molecule has 1 aliphatic rings. The second kappa shape index (κ2) is 13.3. The third-order valence-corrected chi connectivity index (χ3v) is 8.41. The Labute approximate surface area is 251 Å². The van der Waals surface area contributed by atoms with Crippen molar-refractivity contribution in [3.8, 4) is 0 Å². The maximum absolute atomic E-state index is 14.1. The van der Waals surface area contributed by atoms with Crippen LogP contribution in [0.15, 0.2) is 96.1 Å². The number of thiazole rings is 1. The summed E-state index contributed by atoms with van der Waals surface area (Å²) in [6, 6.07) is 31.1. The normalized spacial score (nSPS) is 13.2. The van der Waals surface area contributed by atoms with Gasteiger partial charge in [-0.1, -0.05) is 66.7 Å². The molecule has 2 heterocycles. The molecule has 1 aliphatic heterocycles. The number of rotatable bonds is 10. The Morgan fingerprint density at radius 2 is 1.63 bits per heavy atom. The fourth-order valence-electron chi connectivity index (χ4n) is 5.26. The number of anilines is 1. The molecule has 6 nitrogen and oxygen atoms in total. The molecule has 0 radical (unpaired) electrons. The van der Waals surface area contributed by atoms with Gasteiger partial charge >= 0.3 is 6.03 Å². The predicted molar refractivity (Wildman–Crippen MR) is 174 cm³/mol. The third kappa shape index (κ3) is 6.43. The predicted octanol–water partition coefficient (Wildman–Crippen LogP) is 7.65. The lowest BCUT2D eigenvalue weighted by atomic mass is 10.0. The fourth-order valence-corrected chi connectivity index (χ4v) is 6.22. The van der Waals surface area contributed by atoms with Crippen LogP contribution in [-0.2, 0) is 13.0 Å². The van der Waals surface area contributed by atoms with Crippen LogP contribution in [0.5, 0.6) is 0 Å². The van der Waals surface area contributed by atoms with Crippen molar-refractivity contribution in [2.75, 3.05) is 25.0 Å². The van der Waals surface area contributed by atoms with Gasteiger partial charge in [0.2, 0.25) is 0 Å². The van der Waals surface area contributed by atoms with E-state index in [9.17, 15) is 4.79 Å². The Hall–Kier alpha value is -3.78. The number of hydrogen-bond acceptors (Lipinski definition) is 5. The molecule has 210 valence electrons. The zero-order valence-electron chi connectivity index (χ0n) is 23.1. The number of aromatic nitrogens is 1. The molecule has 0 atom stereocenters. The van der Waals surface area contributed by atoms with Crippen LogP contribution in [0.2, 0.25) is 0 Å². The minimum Gasteiger partial charge on any atom is -0.320 e. The van der Waals surface area contributed by atoms with Crippen molar-refractivity contribution >= 4 is 62.2 Å². The lowest BCUT2D eigenvalue weighted by Gasteiger charge is -2.27. The third-order valence-electron chi connectivity index (χ3n) is 7.31. The van der Waals surface area contributed by atoms with Crippen LogP contribution < -0.4 is 10.2 Å². The lowest BCUT2D eigenvalue weighted by Crippen LogP contribution is -2.40. The molecule has 0 aliphatic carbocycles. The maximum atomic E-state index is 14.1. The zero-order chi connectivity index (χ0) is 27.3. The van der Waals surface area contributed by atoms with Crippen molar-refractivity contribution in [1.82, 2.24) is 15.3 Å². The average Bonchev–Trinajstić information content (AvgIpc) is 3.38. The van der Waals surface area contributed by atoms with Crippen LogP contribution in [0.3, 0.4) is 0 Å². The Morgan fingerprint density at radius 3 is 2.49 bits per heavy atom. The summed E-state index contributed by atoms with van der Waals surface area (Å²) in [7, 11) is 1.96. The summed E-state index contributed by atoms with van der Waals surface area (Å²) < 4.78 is 1.20. The van der Waals surface area contributed by atoms with Gasteiger partial charge in [0.25, 0.3) is 0 Å². The number of aryl methyl sites for hydroxylation is 1. The summed E-state index contributed by atoms with van der Waals surface area (Å²) in [5, 5.41) is 13.4. The first-order chi connectivity index (χ1) is 19.7. The first kappa shape index (κ1) is 28.7. The number of fused-ring (bicyclic) bond motifs is 3.